The summed E-state index contributed by atoms with van der Waals surface area (Å²) in [4.78, 5) is 0. The van der Waals surface area contributed by atoms with Crippen LogP contribution in [0.25, 0.3) is 77.2 Å². The average molecular weight is 617 g/mol. The van der Waals surface area contributed by atoms with Crippen molar-refractivity contribution in [3.63, 3.8) is 0 Å². The second-order valence-electron chi connectivity index (χ2n) is 13.4. The molecule has 10 rings (SSSR count). The van der Waals surface area contributed by atoms with Gasteiger partial charge in [0.1, 0.15) is 8.07 Å². The van der Waals surface area contributed by atoms with Crippen molar-refractivity contribution in [2.24, 2.45) is 0 Å². The van der Waals surface area contributed by atoms with Gasteiger partial charge in [-0.2, -0.15) is 0 Å². The smallest absolute Gasteiger partial charge is 0.116 e. The Balaban J connectivity index is 1.15. The van der Waals surface area contributed by atoms with Crippen LogP contribution in [0.15, 0.2) is 158 Å². The van der Waals surface area contributed by atoms with Crippen LogP contribution in [-0.2, 0) is 0 Å². The zero-order valence-electron chi connectivity index (χ0n) is 26.4. The SMILES string of the molecule is C[Si]1(C)c2ccccc2-c2ccc3c4ccccc4n(-c4ccc(-c5ccc6c(c5)c5ccccc5n6-c5ccccc5)cc4)c3c21. The van der Waals surface area contributed by atoms with Gasteiger partial charge in [-0.15, -0.1) is 0 Å². The van der Waals surface area contributed by atoms with Crippen LogP contribution in [-0.4, -0.2) is 17.2 Å². The van der Waals surface area contributed by atoms with E-state index in [0.717, 1.165) is 0 Å². The molecule has 0 saturated carbocycles. The largest absolute Gasteiger partial charge is 0.309 e. The summed E-state index contributed by atoms with van der Waals surface area (Å²) >= 11 is 0. The van der Waals surface area contributed by atoms with E-state index in [-0.39, 0.29) is 0 Å². The highest BCUT2D eigenvalue weighted by Gasteiger charge is 2.40. The van der Waals surface area contributed by atoms with Gasteiger partial charge in [-0.25, -0.2) is 0 Å². The molecule has 1 aliphatic heterocycles. The van der Waals surface area contributed by atoms with Gasteiger partial charge >= 0.3 is 0 Å². The Bertz CT molecular complexity index is 2690. The van der Waals surface area contributed by atoms with Gasteiger partial charge in [-0.1, -0.05) is 122 Å². The zero-order chi connectivity index (χ0) is 31.3. The quantitative estimate of drug-likeness (QED) is 0.175. The first-order chi connectivity index (χ1) is 23.1. The van der Waals surface area contributed by atoms with Crippen LogP contribution in [0.4, 0.5) is 0 Å². The molecular weight excluding hydrogens is 585 g/mol. The van der Waals surface area contributed by atoms with Gasteiger partial charge in [-0.05, 0) is 81.2 Å². The lowest BCUT2D eigenvalue weighted by atomic mass is 10.0. The van der Waals surface area contributed by atoms with Crippen molar-refractivity contribution in [3.05, 3.63) is 158 Å². The zero-order valence-corrected chi connectivity index (χ0v) is 27.4. The van der Waals surface area contributed by atoms with Gasteiger partial charge in [0, 0.05) is 32.9 Å². The molecule has 2 nitrogen and oxygen atoms in total. The predicted molar refractivity (Wildman–Crippen MR) is 203 cm³/mol. The van der Waals surface area contributed by atoms with Crippen LogP contribution < -0.4 is 10.4 Å². The third kappa shape index (κ3) is 3.66. The summed E-state index contributed by atoms with van der Waals surface area (Å²) in [5.74, 6) is 0. The molecule has 0 unspecified atom stereocenters. The second-order valence-corrected chi connectivity index (χ2v) is 17.7. The van der Waals surface area contributed by atoms with E-state index >= 15 is 0 Å². The number of nitrogens with zero attached hydrogens (tertiary/aromatic N) is 2. The fourth-order valence-electron chi connectivity index (χ4n) is 8.39. The summed E-state index contributed by atoms with van der Waals surface area (Å²) < 4.78 is 4.91. The number of rotatable bonds is 3. The minimum Gasteiger partial charge on any atom is -0.309 e. The normalized spacial score (nSPS) is 13.5. The molecule has 0 amide bonds. The Morgan fingerprint density at radius 1 is 0.404 bits per heavy atom. The number of benzene rings is 7. The summed E-state index contributed by atoms with van der Waals surface area (Å²) in [5.41, 5.74) is 12.8. The Labute approximate surface area is 274 Å². The second kappa shape index (κ2) is 9.68. The van der Waals surface area contributed by atoms with E-state index in [4.69, 9.17) is 0 Å². The van der Waals surface area contributed by atoms with Gasteiger partial charge in [-0.3, -0.25) is 0 Å². The van der Waals surface area contributed by atoms with Crippen molar-refractivity contribution in [2.75, 3.05) is 0 Å². The van der Waals surface area contributed by atoms with Gasteiger partial charge in [0.15, 0.2) is 0 Å². The van der Waals surface area contributed by atoms with E-state index in [2.05, 4.69) is 180 Å². The molecule has 222 valence electrons. The highest BCUT2D eigenvalue weighted by Crippen LogP contribution is 2.39. The van der Waals surface area contributed by atoms with E-state index in [1.807, 2.05) is 0 Å². The van der Waals surface area contributed by atoms with Crippen molar-refractivity contribution in [1.82, 2.24) is 9.13 Å². The molecule has 0 saturated heterocycles. The van der Waals surface area contributed by atoms with Gasteiger partial charge in [0.05, 0.1) is 22.1 Å². The standard InChI is InChI=1S/C44H32N2Si/c1-47(2)42-19-11-8-16-35(42)37-26-25-36-33-14-6-10-18-40(33)46(43(36)44(37)47)32-23-20-29(21-24-32)30-22-27-41-38(28-30)34-15-7-9-17-39(34)45(41)31-12-4-3-5-13-31/h3-28H,1-2H3. The Morgan fingerprint density at radius 3 is 1.79 bits per heavy atom. The average Bonchev–Trinajstić information content (AvgIpc) is 3.72. The first-order valence-corrected chi connectivity index (χ1v) is 19.5. The maximum Gasteiger partial charge on any atom is 0.116 e. The minimum absolute atomic E-state index is 1.18. The fourth-order valence-corrected chi connectivity index (χ4v) is 11.8. The number of hydrogen-bond donors (Lipinski definition) is 0. The first-order valence-electron chi connectivity index (χ1n) is 16.5. The van der Waals surface area contributed by atoms with Crippen molar-refractivity contribution in [3.8, 4) is 33.6 Å². The van der Waals surface area contributed by atoms with Crippen LogP contribution in [0.3, 0.4) is 0 Å². The Morgan fingerprint density at radius 2 is 1.00 bits per heavy atom. The van der Waals surface area contributed by atoms with Crippen molar-refractivity contribution >= 4 is 62.1 Å². The van der Waals surface area contributed by atoms with Gasteiger partial charge in [0.2, 0.25) is 0 Å². The molecule has 0 radical (unpaired) electrons. The Kier molecular flexibility index (Phi) is 5.47. The van der Waals surface area contributed by atoms with Crippen molar-refractivity contribution in [1.29, 1.82) is 0 Å². The van der Waals surface area contributed by atoms with Crippen LogP contribution in [0.1, 0.15) is 0 Å². The molecule has 47 heavy (non-hydrogen) atoms. The minimum atomic E-state index is -1.93. The molecule has 3 heterocycles. The topological polar surface area (TPSA) is 9.86 Å². The maximum absolute atomic E-state index is 2.53. The molecule has 0 fully saturated rings. The van der Waals surface area contributed by atoms with E-state index < -0.39 is 8.07 Å². The lowest BCUT2D eigenvalue weighted by Crippen LogP contribution is -2.49. The molecule has 3 heteroatoms. The van der Waals surface area contributed by atoms with E-state index in [9.17, 15) is 0 Å². The van der Waals surface area contributed by atoms with Crippen molar-refractivity contribution < 1.29 is 0 Å². The lowest BCUT2D eigenvalue weighted by Gasteiger charge is -2.21. The molecule has 0 N–H and O–H groups in total. The highest BCUT2D eigenvalue weighted by atomic mass is 28.3. The van der Waals surface area contributed by atoms with Crippen LogP contribution in [0.2, 0.25) is 13.1 Å². The molecule has 7 aromatic carbocycles. The molecular formula is C44H32N2Si. The first kappa shape index (κ1) is 26.6. The highest BCUT2D eigenvalue weighted by molar-refractivity contribution is 7.05. The van der Waals surface area contributed by atoms with Crippen LogP contribution in [0, 0.1) is 0 Å². The summed E-state index contributed by atoms with van der Waals surface area (Å²) in [7, 11) is -1.93. The van der Waals surface area contributed by atoms with Crippen molar-refractivity contribution in [2.45, 2.75) is 13.1 Å². The summed E-state index contributed by atoms with van der Waals surface area (Å²) in [6, 6.07) is 58.3. The fraction of sp³-hybridized carbons (Fsp3) is 0.0455. The molecule has 0 bridgehead atoms. The van der Waals surface area contributed by atoms with Crippen LogP contribution >= 0.6 is 0 Å². The maximum atomic E-state index is 2.53. The molecule has 2 aromatic heterocycles. The van der Waals surface area contributed by atoms with Gasteiger partial charge in [0.25, 0.3) is 0 Å². The third-order valence-corrected chi connectivity index (χ3v) is 14.0. The summed E-state index contributed by atoms with van der Waals surface area (Å²) in [6.07, 6.45) is 0. The lowest BCUT2D eigenvalue weighted by molar-refractivity contribution is 1.18. The summed E-state index contributed by atoms with van der Waals surface area (Å²) in [6.45, 7) is 5.04. The number of fused-ring (bicyclic) bond motifs is 10. The number of aromatic nitrogens is 2. The molecule has 0 aliphatic carbocycles. The van der Waals surface area contributed by atoms with E-state index in [0.29, 0.717) is 0 Å². The Hall–Kier alpha value is -5.64. The molecule has 0 atom stereocenters. The molecule has 1 aliphatic rings. The third-order valence-electron chi connectivity index (χ3n) is 10.5. The van der Waals surface area contributed by atoms with E-state index in [1.165, 1.54) is 77.2 Å². The number of para-hydroxylation sites is 3. The molecule has 9 aromatic rings. The predicted octanol–water partition coefficient (Wildman–Crippen LogP) is 10.4. The number of hydrogen-bond acceptors (Lipinski definition) is 0. The van der Waals surface area contributed by atoms with E-state index in [1.54, 1.807) is 10.4 Å². The van der Waals surface area contributed by atoms with Gasteiger partial charge < -0.3 is 9.13 Å². The monoisotopic (exact) mass is 616 g/mol. The molecule has 0 spiro atoms. The summed E-state index contributed by atoms with van der Waals surface area (Å²) in [5, 5.41) is 8.30. The van der Waals surface area contributed by atoms with Crippen LogP contribution in [0.5, 0.6) is 0 Å².